The normalized spacial score (nSPS) is 12.2. The molecule has 10 heteroatoms. The quantitative estimate of drug-likeness (QED) is 0.720. The molecule has 1 aromatic carbocycles. The Kier molecular flexibility index (Phi) is 8.35. The van der Waals surface area contributed by atoms with Crippen LogP contribution in [0.25, 0.3) is 0 Å². The summed E-state index contributed by atoms with van der Waals surface area (Å²) in [6.07, 6.45) is 0. The lowest BCUT2D eigenvalue weighted by molar-refractivity contribution is 0.0598. The van der Waals surface area contributed by atoms with Crippen molar-refractivity contribution in [2.24, 2.45) is 5.73 Å². The van der Waals surface area contributed by atoms with Crippen molar-refractivity contribution in [3.8, 4) is 0 Å². The minimum absolute atomic E-state index is 0. The molecule has 2 N–H and O–H groups in total. The number of rotatable bonds is 6. The summed E-state index contributed by atoms with van der Waals surface area (Å²) < 4.78 is 35.5. The van der Waals surface area contributed by atoms with Crippen molar-refractivity contribution in [2.75, 3.05) is 27.8 Å². The van der Waals surface area contributed by atoms with E-state index < -0.39 is 28.0 Å². The van der Waals surface area contributed by atoms with Crippen LogP contribution in [0.2, 0.25) is 0 Å². The highest BCUT2D eigenvalue weighted by atomic mass is 35.5. The molecule has 0 fully saturated rings. The van der Waals surface area contributed by atoms with Crippen LogP contribution in [-0.4, -0.2) is 58.5 Å². The fourth-order valence-corrected chi connectivity index (χ4v) is 3.22. The van der Waals surface area contributed by atoms with Crippen molar-refractivity contribution >= 4 is 34.4 Å². The van der Waals surface area contributed by atoms with Crippen molar-refractivity contribution in [3.63, 3.8) is 0 Å². The number of sulfonamides is 1. The van der Waals surface area contributed by atoms with Gasteiger partial charge in [-0.1, -0.05) is 0 Å². The summed E-state index contributed by atoms with van der Waals surface area (Å²) in [7, 11) is -0.257. The Morgan fingerprint density at radius 3 is 1.88 bits per heavy atom. The number of carbonyl (C=O) groups excluding carboxylic acids is 2. The SMILES string of the molecule is COC(=O)c1cc(C(=O)OC)cc(S(=O)(=O)N(C)C(C)CN)c1.Cl. The van der Waals surface area contributed by atoms with Crippen LogP contribution in [0.4, 0.5) is 0 Å². The highest BCUT2D eigenvalue weighted by molar-refractivity contribution is 7.89. The molecule has 1 unspecified atom stereocenters. The summed E-state index contributed by atoms with van der Waals surface area (Å²) in [6.45, 7) is 1.76. The Hall–Kier alpha value is -1.68. The van der Waals surface area contributed by atoms with Gasteiger partial charge in [-0.25, -0.2) is 18.0 Å². The van der Waals surface area contributed by atoms with Gasteiger partial charge in [0.15, 0.2) is 0 Å². The second kappa shape index (κ2) is 8.97. The smallest absolute Gasteiger partial charge is 0.337 e. The lowest BCUT2D eigenvalue weighted by atomic mass is 10.1. The van der Waals surface area contributed by atoms with Crippen LogP contribution < -0.4 is 5.73 Å². The predicted molar refractivity (Wildman–Crippen MR) is 89.8 cm³/mol. The molecule has 1 atom stereocenters. The average molecular weight is 381 g/mol. The van der Waals surface area contributed by atoms with Crippen LogP contribution in [0.3, 0.4) is 0 Å². The fourth-order valence-electron chi connectivity index (χ4n) is 1.77. The largest absolute Gasteiger partial charge is 0.465 e. The van der Waals surface area contributed by atoms with Gasteiger partial charge in [0.05, 0.1) is 30.2 Å². The Balaban J connectivity index is 0.00000529. The van der Waals surface area contributed by atoms with E-state index in [1.807, 2.05) is 0 Å². The first-order valence-corrected chi connectivity index (χ1v) is 8.12. The minimum atomic E-state index is -3.94. The number of benzene rings is 1. The van der Waals surface area contributed by atoms with Gasteiger partial charge < -0.3 is 15.2 Å². The third kappa shape index (κ3) is 4.67. The Morgan fingerprint density at radius 2 is 1.54 bits per heavy atom. The number of ether oxygens (including phenoxy) is 2. The van der Waals surface area contributed by atoms with E-state index in [-0.39, 0.29) is 35.0 Å². The molecular formula is C14H21ClN2O6S. The van der Waals surface area contributed by atoms with Crippen LogP contribution in [0, 0.1) is 0 Å². The molecule has 0 spiro atoms. The molecule has 136 valence electrons. The molecule has 0 saturated heterocycles. The van der Waals surface area contributed by atoms with Crippen LogP contribution in [0.5, 0.6) is 0 Å². The van der Waals surface area contributed by atoms with Crippen LogP contribution in [0.15, 0.2) is 23.1 Å². The first-order valence-electron chi connectivity index (χ1n) is 6.68. The van der Waals surface area contributed by atoms with E-state index in [2.05, 4.69) is 9.47 Å². The number of carbonyl (C=O) groups is 2. The molecule has 8 nitrogen and oxygen atoms in total. The first kappa shape index (κ1) is 22.3. The average Bonchev–Trinajstić information content (AvgIpc) is 2.58. The third-order valence-corrected chi connectivity index (χ3v) is 5.34. The van der Waals surface area contributed by atoms with Gasteiger partial charge in [-0.15, -0.1) is 12.4 Å². The fraction of sp³-hybridized carbons (Fsp3) is 0.429. The Labute approximate surface area is 147 Å². The number of hydrogen-bond acceptors (Lipinski definition) is 7. The van der Waals surface area contributed by atoms with E-state index >= 15 is 0 Å². The zero-order chi connectivity index (χ0) is 17.8. The summed E-state index contributed by atoms with van der Waals surface area (Å²) in [5.41, 5.74) is 5.36. The lowest BCUT2D eigenvalue weighted by Gasteiger charge is -2.23. The van der Waals surface area contributed by atoms with Gasteiger partial charge in [0, 0.05) is 19.6 Å². The molecule has 0 saturated carbocycles. The van der Waals surface area contributed by atoms with Crippen molar-refractivity contribution in [1.29, 1.82) is 0 Å². The number of hydrogen-bond donors (Lipinski definition) is 1. The Bertz CT molecular complexity index is 673. The maximum atomic E-state index is 12.6. The zero-order valence-electron chi connectivity index (χ0n) is 13.8. The molecule has 0 radical (unpaired) electrons. The molecule has 0 aliphatic carbocycles. The maximum absolute atomic E-state index is 12.6. The van der Waals surface area contributed by atoms with Gasteiger partial charge in [0.25, 0.3) is 0 Å². The van der Waals surface area contributed by atoms with Crippen LogP contribution >= 0.6 is 12.4 Å². The molecule has 0 heterocycles. The summed E-state index contributed by atoms with van der Waals surface area (Å²) in [5, 5.41) is 0. The standard InChI is InChI=1S/C14H20N2O6S.ClH/c1-9(8-15)16(2)23(19,20)12-6-10(13(17)21-3)5-11(7-12)14(18)22-4;/h5-7,9H,8,15H2,1-4H3;1H. The number of nitrogens with zero attached hydrogens (tertiary/aromatic N) is 1. The van der Waals surface area contributed by atoms with Gasteiger partial charge in [0.2, 0.25) is 10.0 Å². The van der Waals surface area contributed by atoms with Crippen LogP contribution in [-0.2, 0) is 19.5 Å². The van der Waals surface area contributed by atoms with E-state index in [0.717, 1.165) is 30.7 Å². The van der Waals surface area contributed by atoms with Crippen LogP contribution in [0.1, 0.15) is 27.6 Å². The second-order valence-electron chi connectivity index (χ2n) is 4.84. The molecule has 0 aromatic heterocycles. The van der Waals surface area contributed by atoms with Crippen molar-refractivity contribution in [1.82, 2.24) is 4.31 Å². The van der Waals surface area contributed by atoms with Gasteiger partial charge in [-0.2, -0.15) is 4.31 Å². The van der Waals surface area contributed by atoms with Crippen molar-refractivity contribution in [2.45, 2.75) is 17.9 Å². The zero-order valence-corrected chi connectivity index (χ0v) is 15.4. The molecule has 0 amide bonds. The molecule has 24 heavy (non-hydrogen) atoms. The van der Waals surface area contributed by atoms with Gasteiger partial charge in [-0.3, -0.25) is 0 Å². The Morgan fingerprint density at radius 1 is 1.12 bits per heavy atom. The molecule has 0 aliphatic rings. The third-order valence-electron chi connectivity index (χ3n) is 3.39. The maximum Gasteiger partial charge on any atom is 0.337 e. The topological polar surface area (TPSA) is 116 Å². The number of methoxy groups -OCH3 is 2. The highest BCUT2D eigenvalue weighted by Gasteiger charge is 2.27. The molecule has 0 bridgehead atoms. The summed E-state index contributed by atoms with van der Waals surface area (Å²) in [6, 6.07) is 3.05. The monoisotopic (exact) mass is 380 g/mol. The van der Waals surface area contributed by atoms with E-state index in [0.29, 0.717) is 0 Å². The molecule has 1 aromatic rings. The van der Waals surface area contributed by atoms with Gasteiger partial charge >= 0.3 is 11.9 Å². The summed E-state index contributed by atoms with van der Waals surface area (Å²) in [4.78, 5) is 23.2. The van der Waals surface area contributed by atoms with E-state index in [9.17, 15) is 18.0 Å². The van der Waals surface area contributed by atoms with Crippen molar-refractivity contribution in [3.05, 3.63) is 29.3 Å². The molecule has 0 aliphatic heterocycles. The lowest BCUT2D eigenvalue weighted by Crippen LogP contribution is -2.39. The number of likely N-dealkylation sites (N-methyl/N-ethyl adjacent to an activating group) is 1. The number of halogens is 1. The summed E-state index contributed by atoms with van der Waals surface area (Å²) >= 11 is 0. The minimum Gasteiger partial charge on any atom is -0.465 e. The van der Waals surface area contributed by atoms with Gasteiger partial charge in [-0.05, 0) is 25.1 Å². The number of esters is 2. The van der Waals surface area contributed by atoms with Gasteiger partial charge in [0.1, 0.15) is 0 Å². The van der Waals surface area contributed by atoms with E-state index in [1.54, 1.807) is 6.92 Å². The first-order chi connectivity index (χ1) is 10.7. The predicted octanol–water partition coefficient (Wildman–Crippen LogP) is 0.649. The molecule has 1 rings (SSSR count). The van der Waals surface area contributed by atoms with E-state index in [4.69, 9.17) is 5.73 Å². The summed E-state index contributed by atoms with van der Waals surface area (Å²) in [5.74, 6) is -1.52. The second-order valence-corrected chi connectivity index (χ2v) is 6.83. The van der Waals surface area contributed by atoms with Crippen molar-refractivity contribution < 1.29 is 27.5 Å². The highest BCUT2D eigenvalue weighted by Crippen LogP contribution is 2.21. The van der Waals surface area contributed by atoms with E-state index in [1.165, 1.54) is 13.1 Å². The molecular weight excluding hydrogens is 360 g/mol. The number of nitrogens with two attached hydrogens (primary N) is 1.